The van der Waals surface area contributed by atoms with Gasteiger partial charge in [-0.15, -0.1) is 0 Å². The highest BCUT2D eigenvalue weighted by atomic mass is 16.5. The quantitative estimate of drug-likeness (QED) is 0.559. The summed E-state index contributed by atoms with van der Waals surface area (Å²) in [5.74, 6) is -1.93. The number of esters is 1. The van der Waals surface area contributed by atoms with Crippen LogP contribution in [0.25, 0.3) is 0 Å². The Balaban J connectivity index is 1.95. The third-order valence-corrected chi connectivity index (χ3v) is 3.90. The van der Waals surface area contributed by atoms with E-state index in [1.807, 2.05) is 6.07 Å². The first-order valence-corrected chi connectivity index (χ1v) is 8.28. The summed E-state index contributed by atoms with van der Waals surface area (Å²) in [6.07, 6.45) is 0.117. The van der Waals surface area contributed by atoms with Gasteiger partial charge >= 0.3 is 12.0 Å². The van der Waals surface area contributed by atoms with Crippen LogP contribution in [0.5, 0.6) is 0 Å². The van der Waals surface area contributed by atoms with E-state index in [1.165, 1.54) is 18.7 Å². The molecule has 142 valence electrons. The number of imide groups is 1. The number of carbonyl (C=O) groups excluding carboxylic acids is 4. The number of nitrogens with one attached hydrogen (secondary N) is 1. The monoisotopic (exact) mass is 372 g/mol. The van der Waals surface area contributed by atoms with Gasteiger partial charge in [-0.05, 0) is 26.0 Å². The van der Waals surface area contributed by atoms with Crippen molar-refractivity contribution in [3.63, 3.8) is 0 Å². The molecule has 0 aromatic heterocycles. The van der Waals surface area contributed by atoms with E-state index >= 15 is 0 Å². The molecule has 1 aromatic rings. The number of benzene rings is 1. The number of nitrogens with zero attached hydrogens (tertiary/aromatic N) is 3. The van der Waals surface area contributed by atoms with Crippen LogP contribution in [-0.2, 0) is 19.1 Å². The standard InChI is InChI=1S/C18H20N4O5/c1-18(2)16(25)22(17(26)20-18)11-15(24)27-12-14(23)21(10-6-9-19)13-7-4-3-5-8-13/h3-5,7-8H,6,10-12H2,1-2H3,(H,20,26). The molecule has 2 rings (SSSR count). The second kappa shape index (κ2) is 8.31. The molecule has 9 heteroatoms. The summed E-state index contributed by atoms with van der Waals surface area (Å²) in [5, 5.41) is 11.2. The Kier molecular flexibility index (Phi) is 6.13. The second-order valence-electron chi connectivity index (χ2n) is 6.40. The van der Waals surface area contributed by atoms with Gasteiger partial charge in [-0.25, -0.2) is 4.79 Å². The van der Waals surface area contributed by atoms with E-state index in [2.05, 4.69) is 5.32 Å². The first kappa shape index (κ1) is 19.9. The lowest BCUT2D eigenvalue weighted by Crippen LogP contribution is -2.41. The number of nitriles is 1. The number of rotatable bonds is 7. The Morgan fingerprint density at radius 1 is 1.26 bits per heavy atom. The fraction of sp³-hybridized carbons (Fsp3) is 0.389. The number of urea groups is 1. The van der Waals surface area contributed by atoms with Gasteiger partial charge in [-0.3, -0.25) is 19.3 Å². The molecule has 0 atom stereocenters. The van der Waals surface area contributed by atoms with E-state index < -0.39 is 42.5 Å². The van der Waals surface area contributed by atoms with Crippen LogP contribution in [0.4, 0.5) is 10.5 Å². The van der Waals surface area contributed by atoms with E-state index in [-0.39, 0.29) is 13.0 Å². The average molecular weight is 372 g/mol. The molecular weight excluding hydrogens is 352 g/mol. The van der Waals surface area contributed by atoms with Crippen LogP contribution in [-0.4, -0.2) is 54.0 Å². The highest BCUT2D eigenvalue weighted by molar-refractivity contribution is 6.08. The normalized spacial score (nSPS) is 15.1. The molecule has 0 saturated carbocycles. The van der Waals surface area contributed by atoms with Gasteiger partial charge in [0.05, 0.1) is 12.5 Å². The number of para-hydroxylation sites is 1. The van der Waals surface area contributed by atoms with Crippen molar-refractivity contribution in [2.45, 2.75) is 25.8 Å². The molecular formula is C18H20N4O5. The molecule has 0 spiro atoms. The molecule has 0 radical (unpaired) electrons. The molecule has 0 aliphatic carbocycles. The molecule has 1 aliphatic heterocycles. The minimum Gasteiger partial charge on any atom is -0.454 e. The summed E-state index contributed by atoms with van der Waals surface area (Å²) in [6, 6.07) is 9.95. The van der Waals surface area contributed by atoms with Crippen molar-refractivity contribution in [1.82, 2.24) is 10.2 Å². The maximum Gasteiger partial charge on any atom is 0.326 e. The molecule has 27 heavy (non-hydrogen) atoms. The van der Waals surface area contributed by atoms with Crippen LogP contribution in [0, 0.1) is 11.3 Å². The zero-order chi connectivity index (χ0) is 20.0. The largest absolute Gasteiger partial charge is 0.454 e. The minimum atomic E-state index is -1.09. The number of carbonyl (C=O) groups is 4. The van der Waals surface area contributed by atoms with E-state index in [4.69, 9.17) is 10.00 Å². The van der Waals surface area contributed by atoms with Crippen molar-refractivity contribution >= 4 is 29.5 Å². The van der Waals surface area contributed by atoms with E-state index in [1.54, 1.807) is 30.3 Å². The fourth-order valence-corrected chi connectivity index (χ4v) is 2.52. The van der Waals surface area contributed by atoms with Gasteiger partial charge in [0, 0.05) is 12.2 Å². The Morgan fingerprint density at radius 2 is 1.93 bits per heavy atom. The molecule has 0 unspecified atom stereocenters. The van der Waals surface area contributed by atoms with Crippen LogP contribution in [0.1, 0.15) is 20.3 Å². The molecule has 1 fully saturated rings. The Bertz CT molecular complexity index is 785. The molecule has 1 saturated heterocycles. The molecule has 0 bridgehead atoms. The molecule has 1 heterocycles. The first-order valence-electron chi connectivity index (χ1n) is 8.28. The van der Waals surface area contributed by atoms with Crippen LogP contribution >= 0.6 is 0 Å². The smallest absolute Gasteiger partial charge is 0.326 e. The summed E-state index contributed by atoms with van der Waals surface area (Å²) >= 11 is 0. The van der Waals surface area contributed by atoms with Gasteiger partial charge in [-0.1, -0.05) is 18.2 Å². The Labute approximate surface area is 156 Å². The summed E-state index contributed by atoms with van der Waals surface area (Å²) < 4.78 is 4.93. The number of anilines is 1. The molecule has 4 amide bonds. The minimum absolute atomic E-state index is 0.117. The Morgan fingerprint density at radius 3 is 2.48 bits per heavy atom. The van der Waals surface area contributed by atoms with Crippen molar-refractivity contribution in [3.8, 4) is 6.07 Å². The first-order chi connectivity index (χ1) is 12.8. The predicted molar refractivity (Wildman–Crippen MR) is 94.3 cm³/mol. The fourth-order valence-electron chi connectivity index (χ4n) is 2.52. The van der Waals surface area contributed by atoms with Gasteiger partial charge in [0.15, 0.2) is 6.61 Å². The van der Waals surface area contributed by atoms with Crippen LogP contribution in [0.3, 0.4) is 0 Å². The number of hydrogen-bond donors (Lipinski definition) is 1. The lowest BCUT2D eigenvalue weighted by molar-refractivity contribution is -0.150. The SMILES string of the molecule is CC1(C)NC(=O)N(CC(=O)OCC(=O)N(CCC#N)c2ccccc2)C1=O. The number of ether oxygens (including phenoxy) is 1. The Hall–Kier alpha value is -3.41. The van der Waals surface area contributed by atoms with Crippen molar-refractivity contribution in [3.05, 3.63) is 30.3 Å². The number of amides is 4. The van der Waals surface area contributed by atoms with Crippen molar-refractivity contribution < 1.29 is 23.9 Å². The average Bonchev–Trinajstić information content (AvgIpc) is 2.83. The highest BCUT2D eigenvalue weighted by Gasteiger charge is 2.45. The predicted octanol–water partition coefficient (Wildman–Crippen LogP) is 0.807. The second-order valence-corrected chi connectivity index (χ2v) is 6.40. The molecule has 1 N–H and O–H groups in total. The third-order valence-electron chi connectivity index (χ3n) is 3.90. The van der Waals surface area contributed by atoms with Gasteiger partial charge in [0.25, 0.3) is 11.8 Å². The van der Waals surface area contributed by atoms with Crippen LogP contribution in [0.15, 0.2) is 30.3 Å². The van der Waals surface area contributed by atoms with Crippen LogP contribution in [0.2, 0.25) is 0 Å². The topological polar surface area (TPSA) is 120 Å². The highest BCUT2D eigenvalue weighted by Crippen LogP contribution is 2.17. The maximum absolute atomic E-state index is 12.4. The van der Waals surface area contributed by atoms with Gasteiger partial charge < -0.3 is 15.0 Å². The summed E-state index contributed by atoms with van der Waals surface area (Å²) in [5.41, 5.74) is -0.515. The third kappa shape index (κ3) is 4.82. The van der Waals surface area contributed by atoms with Crippen molar-refractivity contribution in [2.24, 2.45) is 0 Å². The summed E-state index contributed by atoms with van der Waals surface area (Å²) in [7, 11) is 0. The van der Waals surface area contributed by atoms with E-state index in [0.717, 1.165) is 4.90 Å². The van der Waals surface area contributed by atoms with E-state index in [9.17, 15) is 19.2 Å². The molecule has 9 nitrogen and oxygen atoms in total. The molecule has 1 aliphatic rings. The van der Waals surface area contributed by atoms with Gasteiger partial charge in [0.1, 0.15) is 12.1 Å². The lowest BCUT2D eigenvalue weighted by Gasteiger charge is -2.22. The van der Waals surface area contributed by atoms with Crippen molar-refractivity contribution in [1.29, 1.82) is 5.26 Å². The molecule has 1 aromatic carbocycles. The van der Waals surface area contributed by atoms with Crippen molar-refractivity contribution in [2.75, 3.05) is 24.6 Å². The number of hydrogen-bond acceptors (Lipinski definition) is 6. The summed E-state index contributed by atoms with van der Waals surface area (Å²) in [4.78, 5) is 50.3. The zero-order valence-electron chi connectivity index (χ0n) is 15.1. The van der Waals surface area contributed by atoms with Crippen LogP contribution < -0.4 is 10.2 Å². The van der Waals surface area contributed by atoms with Gasteiger partial charge in [0.2, 0.25) is 0 Å². The maximum atomic E-state index is 12.4. The summed E-state index contributed by atoms with van der Waals surface area (Å²) in [6.45, 7) is 2.05. The van der Waals surface area contributed by atoms with E-state index in [0.29, 0.717) is 5.69 Å². The zero-order valence-corrected chi connectivity index (χ0v) is 15.1. The van der Waals surface area contributed by atoms with Gasteiger partial charge in [-0.2, -0.15) is 5.26 Å². The lowest BCUT2D eigenvalue weighted by atomic mass is 10.1.